The molecule has 6 nitrogen and oxygen atoms in total. The first-order valence-corrected chi connectivity index (χ1v) is 5.48. The summed E-state index contributed by atoms with van der Waals surface area (Å²) in [6.45, 7) is 5.48. The maximum Gasteiger partial charge on any atom is 0.358 e. The molecule has 0 fully saturated rings. The Hall–Kier alpha value is -1.95. The Balaban J connectivity index is 2.89. The van der Waals surface area contributed by atoms with E-state index in [1.807, 2.05) is 4.90 Å². The third-order valence-electron chi connectivity index (χ3n) is 2.26. The number of nitrogens with zero attached hydrogens (tertiary/aromatic N) is 3. The van der Waals surface area contributed by atoms with Crippen LogP contribution in [0.5, 0.6) is 0 Å². The maximum absolute atomic E-state index is 11.4. The Morgan fingerprint density at radius 3 is 2.89 bits per heavy atom. The van der Waals surface area contributed by atoms with E-state index in [0.29, 0.717) is 25.5 Å². The Labute approximate surface area is 106 Å². The molecule has 0 atom stereocenters. The van der Waals surface area contributed by atoms with Crippen LogP contribution < -0.4 is 4.90 Å². The quantitative estimate of drug-likeness (QED) is 0.530. The van der Waals surface area contributed by atoms with Crippen molar-refractivity contribution in [2.24, 2.45) is 0 Å². The van der Waals surface area contributed by atoms with Crippen LogP contribution in [-0.2, 0) is 9.47 Å². The highest BCUT2D eigenvalue weighted by molar-refractivity contribution is 5.87. The van der Waals surface area contributed by atoms with Crippen LogP contribution in [0.3, 0.4) is 0 Å². The molecule has 0 aliphatic heterocycles. The Morgan fingerprint density at radius 2 is 2.28 bits per heavy atom. The number of methoxy groups -OCH3 is 2. The molecular weight excluding hydrogens is 234 g/mol. The number of carbonyl (C=O) groups excluding carboxylic acids is 1. The lowest BCUT2D eigenvalue weighted by Gasteiger charge is -2.21. The average Bonchev–Trinajstić information content (AvgIpc) is 2.42. The van der Waals surface area contributed by atoms with Gasteiger partial charge in [-0.2, -0.15) is 0 Å². The van der Waals surface area contributed by atoms with Crippen molar-refractivity contribution in [2.75, 3.05) is 38.8 Å². The summed E-state index contributed by atoms with van der Waals surface area (Å²) in [5, 5.41) is 0. The first-order chi connectivity index (χ1) is 8.72. The molecule has 0 radical (unpaired) electrons. The van der Waals surface area contributed by atoms with Gasteiger partial charge in [0.1, 0.15) is 5.82 Å². The summed E-state index contributed by atoms with van der Waals surface area (Å²) in [6, 6.07) is 0. The van der Waals surface area contributed by atoms with Crippen LogP contribution in [0.2, 0.25) is 0 Å². The Bertz CT molecular complexity index is 409. The van der Waals surface area contributed by atoms with Crippen molar-refractivity contribution in [3.05, 3.63) is 30.7 Å². The number of rotatable bonds is 7. The normalized spacial score (nSPS) is 9.89. The van der Waals surface area contributed by atoms with Crippen LogP contribution in [0, 0.1) is 0 Å². The molecule has 0 saturated heterocycles. The van der Waals surface area contributed by atoms with Crippen LogP contribution in [0.25, 0.3) is 0 Å². The van der Waals surface area contributed by atoms with Crippen molar-refractivity contribution in [1.29, 1.82) is 0 Å². The average molecular weight is 251 g/mol. The number of hydrogen-bond donors (Lipinski definition) is 0. The van der Waals surface area contributed by atoms with E-state index in [1.165, 1.54) is 13.3 Å². The van der Waals surface area contributed by atoms with Gasteiger partial charge >= 0.3 is 5.97 Å². The van der Waals surface area contributed by atoms with E-state index < -0.39 is 5.97 Å². The van der Waals surface area contributed by atoms with Gasteiger partial charge in [0.05, 0.1) is 26.1 Å². The summed E-state index contributed by atoms with van der Waals surface area (Å²) in [7, 11) is 2.94. The molecule has 0 aromatic carbocycles. The minimum atomic E-state index is -0.505. The molecule has 1 rings (SSSR count). The fourth-order valence-corrected chi connectivity index (χ4v) is 1.37. The molecule has 0 spiro atoms. The summed E-state index contributed by atoms with van der Waals surface area (Å²) >= 11 is 0. The fourth-order valence-electron chi connectivity index (χ4n) is 1.37. The van der Waals surface area contributed by atoms with Crippen LogP contribution in [0.4, 0.5) is 5.82 Å². The molecule has 0 unspecified atom stereocenters. The molecule has 1 aromatic rings. The predicted molar refractivity (Wildman–Crippen MR) is 67.7 cm³/mol. The highest BCUT2D eigenvalue weighted by atomic mass is 16.5. The summed E-state index contributed by atoms with van der Waals surface area (Å²) in [5.41, 5.74) is 0.182. The van der Waals surface area contributed by atoms with Crippen molar-refractivity contribution in [2.45, 2.75) is 0 Å². The highest BCUT2D eigenvalue weighted by Gasteiger charge is 2.12. The zero-order valence-corrected chi connectivity index (χ0v) is 10.6. The second-order valence-electron chi connectivity index (χ2n) is 3.48. The summed E-state index contributed by atoms with van der Waals surface area (Å²) < 4.78 is 9.63. The van der Waals surface area contributed by atoms with Gasteiger partial charge in [-0.3, -0.25) is 4.98 Å². The van der Waals surface area contributed by atoms with Crippen molar-refractivity contribution in [3.8, 4) is 0 Å². The zero-order chi connectivity index (χ0) is 13.4. The lowest BCUT2D eigenvalue weighted by molar-refractivity contribution is 0.0593. The van der Waals surface area contributed by atoms with Gasteiger partial charge in [0.2, 0.25) is 0 Å². The molecule has 0 aliphatic carbocycles. The van der Waals surface area contributed by atoms with Gasteiger partial charge in [0, 0.05) is 20.2 Å². The molecule has 0 saturated carbocycles. The standard InChI is InChI=1S/C12H17N3O3/c1-4-5-15(6-7-17-2)11-9-13-8-10(14-11)12(16)18-3/h4,8-9H,1,5-7H2,2-3H3. The zero-order valence-electron chi connectivity index (χ0n) is 10.6. The molecule has 0 N–H and O–H groups in total. The van der Waals surface area contributed by atoms with Gasteiger partial charge in [-0.25, -0.2) is 9.78 Å². The fraction of sp³-hybridized carbons (Fsp3) is 0.417. The number of esters is 1. The summed E-state index contributed by atoms with van der Waals surface area (Å²) in [4.78, 5) is 21.5. The monoisotopic (exact) mass is 251 g/mol. The van der Waals surface area contributed by atoms with E-state index in [1.54, 1.807) is 19.4 Å². The van der Waals surface area contributed by atoms with Gasteiger partial charge in [0.15, 0.2) is 5.69 Å². The number of anilines is 1. The third kappa shape index (κ3) is 3.81. The van der Waals surface area contributed by atoms with Crippen molar-refractivity contribution in [1.82, 2.24) is 9.97 Å². The predicted octanol–water partition coefficient (Wildman–Crippen LogP) is 0.902. The van der Waals surface area contributed by atoms with Crippen molar-refractivity contribution < 1.29 is 14.3 Å². The smallest absolute Gasteiger partial charge is 0.358 e. The Morgan fingerprint density at radius 1 is 1.50 bits per heavy atom. The van der Waals surface area contributed by atoms with Gasteiger partial charge in [-0.1, -0.05) is 6.08 Å². The molecule has 98 valence electrons. The highest BCUT2D eigenvalue weighted by Crippen LogP contribution is 2.10. The first kappa shape index (κ1) is 14.1. The van der Waals surface area contributed by atoms with Crippen LogP contribution >= 0.6 is 0 Å². The number of hydrogen-bond acceptors (Lipinski definition) is 6. The third-order valence-corrected chi connectivity index (χ3v) is 2.26. The van der Waals surface area contributed by atoms with Crippen LogP contribution in [0.1, 0.15) is 10.5 Å². The largest absolute Gasteiger partial charge is 0.464 e. The lowest BCUT2D eigenvalue weighted by atomic mass is 10.4. The van der Waals surface area contributed by atoms with Gasteiger partial charge in [0.25, 0.3) is 0 Å². The second kappa shape index (κ2) is 7.39. The van der Waals surface area contributed by atoms with E-state index in [-0.39, 0.29) is 5.69 Å². The molecule has 0 aliphatic rings. The first-order valence-electron chi connectivity index (χ1n) is 5.48. The molecule has 0 amide bonds. The van der Waals surface area contributed by atoms with Crippen molar-refractivity contribution >= 4 is 11.8 Å². The van der Waals surface area contributed by atoms with Crippen LogP contribution in [0.15, 0.2) is 25.0 Å². The number of carbonyl (C=O) groups is 1. The summed E-state index contributed by atoms with van der Waals surface area (Å²) in [6.07, 6.45) is 4.71. The topological polar surface area (TPSA) is 64.5 Å². The summed E-state index contributed by atoms with van der Waals surface area (Å²) in [5.74, 6) is 0.0875. The van der Waals surface area contributed by atoms with Gasteiger partial charge in [-0.05, 0) is 0 Å². The van der Waals surface area contributed by atoms with Gasteiger partial charge in [-0.15, -0.1) is 6.58 Å². The Kier molecular flexibility index (Phi) is 5.79. The maximum atomic E-state index is 11.4. The SMILES string of the molecule is C=CCN(CCOC)c1cncc(C(=O)OC)n1. The lowest BCUT2D eigenvalue weighted by Crippen LogP contribution is -2.28. The number of ether oxygens (including phenoxy) is 2. The van der Waals surface area contributed by atoms with E-state index in [4.69, 9.17) is 4.74 Å². The molecule has 6 heteroatoms. The molecule has 0 bridgehead atoms. The van der Waals surface area contributed by atoms with E-state index in [0.717, 1.165) is 0 Å². The van der Waals surface area contributed by atoms with Gasteiger partial charge < -0.3 is 14.4 Å². The molecule has 1 heterocycles. The van der Waals surface area contributed by atoms with Crippen LogP contribution in [-0.4, -0.2) is 49.9 Å². The molecule has 1 aromatic heterocycles. The minimum Gasteiger partial charge on any atom is -0.464 e. The molecule has 18 heavy (non-hydrogen) atoms. The number of aromatic nitrogens is 2. The van der Waals surface area contributed by atoms with Crippen molar-refractivity contribution in [3.63, 3.8) is 0 Å². The second-order valence-corrected chi connectivity index (χ2v) is 3.48. The van der Waals surface area contributed by atoms with E-state index >= 15 is 0 Å². The molecular formula is C12H17N3O3. The van der Waals surface area contributed by atoms with E-state index in [9.17, 15) is 4.79 Å². The van der Waals surface area contributed by atoms with E-state index in [2.05, 4.69) is 21.3 Å². The minimum absolute atomic E-state index is 0.182.